The van der Waals surface area contributed by atoms with E-state index in [0.717, 1.165) is 4.90 Å². The fourth-order valence-electron chi connectivity index (χ4n) is 1.48. The number of hydrogen-bond donors (Lipinski definition) is 0. The number of methoxy groups -OCH3 is 2. The van der Waals surface area contributed by atoms with E-state index in [1.54, 1.807) is 6.07 Å². The standard InChI is InChI=1S/C13H17NO6/c1-4-9-5-6-10(20-9)13(17)14(7-11(15)18-2)8-12(16)19-3/h5-6H,4,7-8H2,1-3H3. The predicted octanol–water partition coefficient (Wildman–Crippen LogP) is 0.630. The van der Waals surface area contributed by atoms with Crippen LogP contribution in [-0.4, -0.2) is 50.1 Å². The van der Waals surface area contributed by atoms with Crippen molar-refractivity contribution in [2.45, 2.75) is 13.3 Å². The van der Waals surface area contributed by atoms with E-state index in [0.29, 0.717) is 12.2 Å². The van der Waals surface area contributed by atoms with Crippen molar-refractivity contribution in [1.82, 2.24) is 4.90 Å². The predicted molar refractivity (Wildman–Crippen MR) is 68.0 cm³/mol. The highest BCUT2D eigenvalue weighted by Gasteiger charge is 2.24. The van der Waals surface area contributed by atoms with E-state index >= 15 is 0 Å². The zero-order valence-electron chi connectivity index (χ0n) is 11.7. The summed E-state index contributed by atoms with van der Waals surface area (Å²) in [6.45, 7) is 1.17. The molecule has 1 aromatic heterocycles. The summed E-state index contributed by atoms with van der Waals surface area (Å²) < 4.78 is 14.3. The molecule has 0 aromatic carbocycles. The van der Waals surface area contributed by atoms with Gasteiger partial charge in [0, 0.05) is 6.42 Å². The maximum atomic E-state index is 12.2. The summed E-state index contributed by atoms with van der Waals surface area (Å²) in [4.78, 5) is 35.8. The Labute approximate surface area is 116 Å². The summed E-state index contributed by atoms with van der Waals surface area (Å²) in [5.41, 5.74) is 0. The Bertz CT molecular complexity index is 475. The highest BCUT2D eigenvalue weighted by atomic mass is 16.5. The molecule has 1 amide bonds. The SMILES string of the molecule is CCc1ccc(C(=O)N(CC(=O)OC)CC(=O)OC)o1. The van der Waals surface area contributed by atoms with Gasteiger partial charge in [0.2, 0.25) is 0 Å². The van der Waals surface area contributed by atoms with Gasteiger partial charge >= 0.3 is 11.9 Å². The number of aryl methyl sites for hydroxylation is 1. The molecule has 0 atom stereocenters. The zero-order chi connectivity index (χ0) is 15.1. The number of esters is 2. The minimum atomic E-state index is -0.635. The molecule has 1 aromatic rings. The molecule has 0 saturated carbocycles. The molecule has 20 heavy (non-hydrogen) atoms. The van der Waals surface area contributed by atoms with Gasteiger partial charge in [0.05, 0.1) is 14.2 Å². The Hall–Kier alpha value is -2.31. The molecule has 7 nitrogen and oxygen atoms in total. The van der Waals surface area contributed by atoms with Crippen molar-refractivity contribution < 1.29 is 28.3 Å². The van der Waals surface area contributed by atoms with Crippen LogP contribution in [0.25, 0.3) is 0 Å². The number of hydrogen-bond acceptors (Lipinski definition) is 6. The molecule has 0 fully saturated rings. The van der Waals surface area contributed by atoms with Crippen molar-refractivity contribution in [3.8, 4) is 0 Å². The van der Waals surface area contributed by atoms with Crippen LogP contribution in [0.15, 0.2) is 16.5 Å². The van der Waals surface area contributed by atoms with Crippen LogP contribution < -0.4 is 0 Å². The molecule has 0 saturated heterocycles. The number of carbonyl (C=O) groups excluding carboxylic acids is 3. The Balaban J connectivity index is 2.87. The van der Waals surface area contributed by atoms with Gasteiger partial charge in [0.15, 0.2) is 5.76 Å². The Morgan fingerprint density at radius 3 is 2.05 bits per heavy atom. The lowest BCUT2D eigenvalue weighted by Gasteiger charge is -2.18. The highest BCUT2D eigenvalue weighted by molar-refractivity contribution is 5.95. The van der Waals surface area contributed by atoms with E-state index in [9.17, 15) is 14.4 Å². The van der Waals surface area contributed by atoms with Crippen molar-refractivity contribution >= 4 is 17.8 Å². The first-order valence-electron chi connectivity index (χ1n) is 6.03. The lowest BCUT2D eigenvalue weighted by atomic mass is 10.3. The summed E-state index contributed by atoms with van der Waals surface area (Å²) in [5.74, 6) is -1.13. The number of rotatable bonds is 6. The van der Waals surface area contributed by atoms with Gasteiger partial charge < -0.3 is 18.8 Å². The molecule has 0 spiro atoms. The summed E-state index contributed by atoms with van der Waals surface area (Å²) in [5, 5.41) is 0. The first-order chi connectivity index (χ1) is 9.51. The van der Waals surface area contributed by atoms with Crippen molar-refractivity contribution in [2.24, 2.45) is 0 Å². The first-order valence-corrected chi connectivity index (χ1v) is 6.03. The van der Waals surface area contributed by atoms with E-state index in [1.165, 1.54) is 20.3 Å². The summed E-state index contributed by atoms with van der Waals surface area (Å²) >= 11 is 0. The van der Waals surface area contributed by atoms with Crippen molar-refractivity contribution in [3.05, 3.63) is 23.7 Å². The maximum absolute atomic E-state index is 12.2. The molecule has 0 bridgehead atoms. The molecular weight excluding hydrogens is 266 g/mol. The molecule has 0 aliphatic rings. The Morgan fingerprint density at radius 1 is 1.10 bits per heavy atom. The summed E-state index contributed by atoms with van der Waals surface area (Å²) in [6.07, 6.45) is 0.640. The lowest BCUT2D eigenvalue weighted by molar-refractivity contribution is -0.144. The van der Waals surface area contributed by atoms with Crippen LogP contribution in [0.1, 0.15) is 23.2 Å². The smallest absolute Gasteiger partial charge is 0.325 e. The molecule has 1 heterocycles. The average molecular weight is 283 g/mol. The summed E-state index contributed by atoms with van der Waals surface area (Å²) in [7, 11) is 2.40. The normalized spacial score (nSPS) is 9.95. The fraction of sp³-hybridized carbons (Fsp3) is 0.462. The molecule has 0 N–H and O–H groups in total. The number of nitrogens with zero attached hydrogens (tertiary/aromatic N) is 1. The maximum Gasteiger partial charge on any atom is 0.325 e. The third kappa shape index (κ3) is 4.11. The second kappa shape index (κ2) is 7.32. The molecule has 110 valence electrons. The van der Waals surface area contributed by atoms with Gasteiger partial charge in [-0.15, -0.1) is 0 Å². The van der Waals surface area contributed by atoms with Crippen LogP contribution in [0.5, 0.6) is 0 Å². The topological polar surface area (TPSA) is 86.0 Å². The lowest BCUT2D eigenvalue weighted by Crippen LogP contribution is -2.40. The molecule has 0 aliphatic heterocycles. The molecule has 1 rings (SSSR count). The number of ether oxygens (including phenoxy) is 2. The van der Waals surface area contributed by atoms with Crippen LogP contribution in [0.4, 0.5) is 0 Å². The molecule has 7 heteroatoms. The van der Waals surface area contributed by atoms with Crippen molar-refractivity contribution in [3.63, 3.8) is 0 Å². The van der Waals surface area contributed by atoms with E-state index in [-0.39, 0.29) is 18.8 Å². The third-order valence-corrected chi connectivity index (χ3v) is 2.60. The van der Waals surface area contributed by atoms with Gasteiger partial charge in [-0.2, -0.15) is 0 Å². The Kier molecular flexibility index (Phi) is 5.76. The molecule has 0 unspecified atom stereocenters. The fourth-order valence-corrected chi connectivity index (χ4v) is 1.48. The van der Waals surface area contributed by atoms with Crippen LogP contribution in [-0.2, 0) is 25.5 Å². The van der Waals surface area contributed by atoms with Crippen molar-refractivity contribution in [1.29, 1.82) is 0 Å². The number of carbonyl (C=O) groups is 3. The molecule has 0 aliphatic carbocycles. The minimum absolute atomic E-state index is 0.0645. The van der Waals surface area contributed by atoms with E-state index in [4.69, 9.17) is 4.42 Å². The van der Waals surface area contributed by atoms with Gasteiger partial charge in [-0.3, -0.25) is 14.4 Å². The van der Waals surface area contributed by atoms with E-state index in [2.05, 4.69) is 9.47 Å². The second-order valence-corrected chi connectivity index (χ2v) is 3.93. The molecular formula is C13H17NO6. The second-order valence-electron chi connectivity index (χ2n) is 3.93. The van der Waals surface area contributed by atoms with Crippen LogP contribution in [0, 0.1) is 0 Å². The summed E-state index contributed by atoms with van der Waals surface area (Å²) in [6, 6.07) is 3.17. The largest absolute Gasteiger partial charge is 0.468 e. The third-order valence-electron chi connectivity index (χ3n) is 2.60. The highest BCUT2D eigenvalue weighted by Crippen LogP contribution is 2.11. The van der Waals surface area contributed by atoms with Gasteiger partial charge in [-0.05, 0) is 12.1 Å². The van der Waals surface area contributed by atoms with E-state index < -0.39 is 17.8 Å². The first kappa shape index (κ1) is 15.7. The van der Waals surface area contributed by atoms with Crippen molar-refractivity contribution in [2.75, 3.05) is 27.3 Å². The number of furan rings is 1. The quantitative estimate of drug-likeness (QED) is 0.712. The van der Waals surface area contributed by atoms with Crippen LogP contribution >= 0.6 is 0 Å². The van der Waals surface area contributed by atoms with E-state index in [1.807, 2.05) is 6.92 Å². The molecule has 0 radical (unpaired) electrons. The average Bonchev–Trinajstić information content (AvgIpc) is 2.94. The van der Waals surface area contributed by atoms with Gasteiger partial charge in [0.25, 0.3) is 5.91 Å². The van der Waals surface area contributed by atoms with Gasteiger partial charge in [-0.25, -0.2) is 0 Å². The van der Waals surface area contributed by atoms with Crippen LogP contribution in [0.3, 0.4) is 0 Å². The van der Waals surface area contributed by atoms with Crippen LogP contribution in [0.2, 0.25) is 0 Å². The number of amides is 1. The van der Waals surface area contributed by atoms with Gasteiger partial charge in [0.1, 0.15) is 18.8 Å². The Morgan fingerprint density at radius 2 is 1.65 bits per heavy atom. The van der Waals surface area contributed by atoms with Gasteiger partial charge in [-0.1, -0.05) is 6.92 Å². The zero-order valence-corrected chi connectivity index (χ0v) is 11.7. The monoisotopic (exact) mass is 283 g/mol. The minimum Gasteiger partial charge on any atom is -0.468 e.